The zero-order valence-corrected chi connectivity index (χ0v) is 11.7. The number of non-ortho nitro benzene ring substituents is 1. The van der Waals surface area contributed by atoms with Gasteiger partial charge in [-0.15, -0.1) is 0 Å². The molecule has 1 aliphatic heterocycles. The molecule has 0 saturated carbocycles. The number of benzene rings is 1. The number of hydrogen-bond acceptors (Lipinski definition) is 5. The number of rotatable bonds is 6. The predicted octanol–water partition coefficient (Wildman–Crippen LogP) is 0.766. The van der Waals surface area contributed by atoms with Crippen molar-refractivity contribution in [3.05, 3.63) is 39.9 Å². The molecule has 1 fully saturated rings. The van der Waals surface area contributed by atoms with Gasteiger partial charge in [0.2, 0.25) is 10.0 Å². The summed E-state index contributed by atoms with van der Waals surface area (Å²) in [6, 6.07) is 5.74. The van der Waals surface area contributed by atoms with Gasteiger partial charge in [0.25, 0.3) is 5.69 Å². The van der Waals surface area contributed by atoms with Gasteiger partial charge >= 0.3 is 0 Å². The Kier molecular flexibility index (Phi) is 4.69. The van der Waals surface area contributed by atoms with Crippen molar-refractivity contribution < 1.29 is 13.3 Å². The Hall–Kier alpha value is -1.51. The lowest BCUT2D eigenvalue weighted by molar-refractivity contribution is -0.384. The summed E-state index contributed by atoms with van der Waals surface area (Å²) >= 11 is 0. The van der Waals surface area contributed by atoms with E-state index in [1.807, 2.05) is 0 Å². The van der Waals surface area contributed by atoms with Crippen LogP contribution in [0.25, 0.3) is 0 Å². The summed E-state index contributed by atoms with van der Waals surface area (Å²) in [5.41, 5.74) is 0.483. The fraction of sp³-hybridized carbons (Fsp3) is 0.500. The van der Waals surface area contributed by atoms with E-state index in [1.54, 1.807) is 0 Å². The largest absolute Gasteiger partial charge is 0.313 e. The average molecular weight is 299 g/mol. The van der Waals surface area contributed by atoms with Crippen LogP contribution in [0.15, 0.2) is 24.3 Å². The standard InChI is InChI=1S/C12H17N3O4S/c16-15(17)12-5-3-10(4-6-12)9-20(18,19)14-8-11-2-1-7-13-11/h3-6,11,13-14H,1-2,7-9H2. The molecule has 0 spiro atoms. The van der Waals surface area contributed by atoms with Gasteiger partial charge in [-0.3, -0.25) is 10.1 Å². The molecule has 0 aliphatic carbocycles. The molecule has 1 unspecified atom stereocenters. The summed E-state index contributed by atoms with van der Waals surface area (Å²) in [4.78, 5) is 10.0. The normalized spacial score (nSPS) is 19.1. The van der Waals surface area contributed by atoms with Crippen molar-refractivity contribution in [3.8, 4) is 0 Å². The molecule has 2 N–H and O–H groups in total. The molecule has 8 heteroatoms. The first-order valence-corrected chi connectivity index (χ1v) is 8.05. The van der Waals surface area contributed by atoms with E-state index < -0.39 is 14.9 Å². The molecule has 7 nitrogen and oxygen atoms in total. The Morgan fingerprint density at radius 1 is 1.35 bits per heavy atom. The first kappa shape index (κ1) is 14.9. The molecule has 1 aromatic carbocycles. The third-order valence-corrected chi connectivity index (χ3v) is 4.54. The van der Waals surface area contributed by atoms with Gasteiger partial charge in [0.05, 0.1) is 10.7 Å². The van der Waals surface area contributed by atoms with Crippen LogP contribution in [0, 0.1) is 10.1 Å². The van der Waals surface area contributed by atoms with E-state index in [0.29, 0.717) is 12.1 Å². The van der Waals surface area contributed by atoms with E-state index in [0.717, 1.165) is 19.4 Å². The molecule has 0 bridgehead atoms. The Morgan fingerprint density at radius 2 is 2.05 bits per heavy atom. The lowest BCUT2D eigenvalue weighted by atomic mass is 10.2. The van der Waals surface area contributed by atoms with Crippen molar-refractivity contribution in [2.75, 3.05) is 13.1 Å². The van der Waals surface area contributed by atoms with Gasteiger partial charge in [-0.25, -0.2) is 13.1 Å². The van der Waals surface area contributed by atoms with Crippen molar-refractivity contribution in [1.29, 1.82) is 0 Å². The maximum atomic E-state index is 11.9. The predicted molar refractivity (Wildman–Crippen MR) is 74.7 cm³/mol. The lowest BCUT2D eigenvalue weighted by Gasteiger charge is -2.12. The van der Waals surface area contributed by atoms with E-state index in [9.17, 15) is 18.5 Å². The van der Waals surface area contributed by atoms with Gasteiger partial charge < -0.3 is 5.32 Å². The third-order valence-electron chi connectivity index (χ3n) is 3.22. The highest BCUT2D eigenvalue weighted by atomic mass is 32.2. The molecule has 1 aliphatic rings. The van der Waals surface area contributed by atoms with E-state index in [2.05, 4.69) is 10.0 Å². The first-order chi connectivity index (χ1) is 9.46. The zero-order valence-electron chi connectivity index (χ0n) is 10.9. The van der Waals surface area contributed by atoms with Crippen LogP contribution < -0.4 is 10.0 Å². The highest BCUT2D eigenvalue weighted by Crippen LogP contribution is 2.13. The van der Waals surface area contributed by atoms with Crippen LogP contribution >= 0.6 is 0 Å². The third kappa shape index (κ3) is 4.26. The SMILES string of the molecule is O=[N+]([O-])c1ccc(CS(=O)(=O)NCC2CCCN2)cc1. The molecular formula is C12H17N3O4S. The molecule has 0 radical (unpaired) electrons. The van der Waals surface area contributed by atoms with Gasteiger partial charge in [-0.05, 0) is 24.9 Å². The van der Waals surface area contributed by atoms with E-state index in [-0.39, 0.29) is 17.5 Å². The van der Waals surface area contributed by atoms with Gasteiger partial charge in [0.15, 0.2) is 0 Å². The van der Waals surface area contributed by atoms with Crippen molar-refractivity contribution in [3.63, 3.8) is 0 Å². The fourth-order valence-electron chi connectivity index (χ4n) is 2.14. The van der Waals surface area contributed by atoms with Crippen LogP contribution in [0.4, 0.5) is 5.69 Å². The number of sulfonamides is 1. The van der Waals surface area contributed by atoms with Crippen LogP contribution in [-0.4, -0.2) is 32.5 Å². The summed E-state index contributed by atoms with van der Waals surface area (Å²) in [5.74, 6) is -0.169. The highest BCUT2D eigenvalue weighted by Gasteiger charge is 2.18. The molecule has 1 heterocycles. The van der Waals surface area contributed by atoms with Crippen LogP contribution in [-0.2, 0) is 15.8 Å². The molecule has 0 aromatic heterocycles. The summed E-state index contributed by atoms with van der Waals surface area (Å²) < 4.78 is 26.4. The Labute approximate surface area is 117 Å². The van der Waals surface area contributed by atoms with Gasteiger partial charge in [0, 0.05) is 24.7 Å². The van der Waals surface area contributed by atoms with E-state index in [1.165, 1.54) is 24.3 Å². The summed E-state index contributed by atoms with van der Waals surface area (Å²) in [6.45, 7) is 1.31. The molecule has 1 atom stereocenters. The molecule has 1 aromatic rings. The number of nitrogens with one attached hydrogen (secondary N) is 2. The van der Waals surface area contributed by atoms with Crippen molar-refractivity contribution in [1.82, 2.24) is 10.0 Å². The summed E-state index contributed by atoms with van der Waals surface area (Å²) in [6.07, 6.45) is 2.04. The highest BCUT2D eigenvalue weighted by molar-refractivity contribution is 7.88. The fourth-order valence-corrected chi connectivity index (χ4v) is 3.33. The Bertz CT molecular complexity index is 565. The maximum Gasteiger partial charge on any atom is 0.269 e. The minimum Gasteiger partial charge on any atom is -0.313 e. The monoisotopic (exact) mass is 299 g/mol. The van der Waals surface area contributed by atoms with E-state index in [4.69, 9.17) is 0 Å². The molecule has 20 heavy (non-hydrogen) atoms. The number of nitro benzene ring substituents is 1. The second kappa shape index (κ2) is 6.29. The van der Waals surface area contributed by atoms with Crippen LogP contribution in [0.2, 0.25) is 0 Å². The number of hydrogen-bond donors (Lipinski definition) is 2. The van der Waals surface area contributed by atoms with Crippen LogP contribution in [0.5, 0.6) is 0 Å². The first-order valence-electron chi connectivity index (χ1n) is 6.40. The maximum absolute atomic E-state index is 11.9. The summed E-state index contributed by atoms with van der Waals surface area (Å²) in [5, 5.41) is 13.7. The average Bonchev–Trinajstić information content (AvgIpc) is 2.90. The van der Waals surface area contributed by atoms with Crippen LogP contribution in [0.3, 0.4) is 0 Å². The molecule has 0 amide bonds. The zero-order chi connectivity index (χ0) is 14.6. The Morgan fingerprint density at radius 3 is 2.60 bits per heavy atom. The van der Waals surface area contributed by atoms with Crippen molar-refractivity contribution >= 4 is 15.7 Å². The smallest absolute Gasteiger partial charge is 0.269 e. The van der Waals surface area contributed by atoms with Crippen molar-refractivity contribution in [2.45, 2.75) is 24.6 Å². The topological polar surface area (TPSA) is 101 Å². The molecule has 110 valence electrons. The quantitative estimate of drug-likeness (QED) is 0.596. The Balaban J connectivity index is 1.91. The van der Waals surface area contributed by atoms with Crippen LogP contribution in [0.1, 0.15) is 18.4 Å². The second-order valence-corrected chi connectivity index (χ2v) is 6.63. The second-order valence-electron chi connectivity index (χ2n) is 4.82. The van der Waals surface area contributed by atoms with Gasteiger partial charge in [0.1, 0.15) is 0 Å². The van der Waals surface area contributed by atoms with Gasteiger partial charge in [-0.1, -0.05) is 12.1 Å². The molecular weight excluding hydrogens is 282 g/mol. The summed E-state index contributed by atoms with van der Waals surface area (Å²) in [7, 11) is -3.42. The minimum absolute atomic E-state index is 0.0470. The van der Waals surface area contributed by atoms with Crippen molar-refractivity contribution in [2.24, 2.45) is 0 Å². The van der Waals surface area contributed by atoms with Gasteiger partial charge in [-0.2, -0.15) is 0 Å². The molecule has 2 rings (SSSR count). The van der Waals surface area contributed by atoms with E-state index >= 15 is 0 Å². The number of nitro groups is 1. The minimum atomic E-state index is -3.42. The number of nitrogens with zero attached hydrogens (tertiary/aromatic N) is 1. The molecule has 1 saturated heterocycles. The lowest BCUT2D eigenvalue weighted by Crippen LogP contribution is -2.37.